The summed E-state index contributed by atoms with van der Waals surface area (Å²) in [6, 6.07) is 4.33. The fourth-order valence-corrected chi connectivity index (χ4v) is 4.53. The van der Waals surface area contributed by atoms with Crippen LogP contribution in [0.5, 0.6) is 11.5 Å². The van der Waals surface area contributed by atoms with Crippen LogP contribution in [-0.2, 0) is 13.0 Å². The third-order valence-corrected chi connectivity index (χ3v) is 5.71. The van der Waals surface area contributed by atoms with E-state index in [9.17, 15) is 0 Å². The van der Waals surface area contributed by atoms with Crippen molar-refractivity contribution in [2.24, 2.45) is 17.8 Å². The Hall–Kier alpha value is -1.48. The lowest BCUT2D eigenvalue weighted by molar-refractivity contribution is 0.198. The van der Waals surface area contributed by atoms with E-state index in [0.29, 0.717) is 0 Å². The van der Waals surface area contributed by atoms with E-state index in [1.807, 2.05) is 0 Å². The second-order valence-electron chi connectivity index (χ2n) is 7.00. The number of nitrogens with zero attached hydrogens (tertiary/aromatic N) is 1. The largest absolute Gasteiger partial charge is 0.493 e. The molecule has 3 aliphatic rings. The highest BCUT2D eigenvalue weighted by atomic mass is 16.5. The monoisotopic (exact) mass is 299 g/mol. The maximum absolute atomic E-state index is 5.46. The number of benzene rings is 1. The van der Waals surface area contributed by atoms with Crippen molar-refractivity contribution in [1.82, 2.24) is 4.90 Å². The third kappa shape index (κ3) is 2.41. The van der Waals surface area contributed by atoms with Gasteiger partial charge in [-0.2, -0.15) is 0 Å². The number of ether oxygens (including phenoxy) is 2. The van der Waals surface area contributed by atoms with Crippen LogP contribution >= 0.6 is 0 Å². The van der Waals surface area contributed by atoms with Crippen molar-refractivity contribution in [2.75, 3.05) is 27.3 Å². The van der Waals surface area contributed by atoms with Crippen LogP contribution in [0.2, 0.25) is 0 Å². The second kappa shape index (κ2) is 5.62. The Balaban J connectivity index is 1.48. The fourth-order valence-electron chi connectivity index (χ4n) is 4.53. The molecule has 2 bridgehead atoms. The first kappa shape index (κ1) is 14.1. The highest BCUT2D eigenvalue weighted by Crippen LogP contribution is 2.44. The average Bonchev–Trinajstić information content (AvgIpc) is 3.16. The molecule has 0 N–H and O–H groups in total. The minimum absolute atomic E-state index is 0.844. The molecule has 0 spiro atoms. The molecular weight excluding hydrogens is 274 g/mol. The quantitative estimate of drug-likeness (QED) is 0.797. The maximum atomic E-state index is 5.46. The Labute approximate surface area is 132 Å². The number of allylic oxidation sites excluding steroid dienone is 2. The average molecular weight is 299 g/mol. The molecule has 1 saturated carbocycles. The number of methoxy groups -OCH3 is 2. The zero-order valence-corrected chi connectivity index (χ0v) is 13.5. The van der Waals surface area contributed by atoms with Gasteiger partial charge in [0.2, 0.25) is 0 Å². The molecule has 4 rings (SSSR count). The van der Waals surface area contributed by atoms with Gasteiger partial charge in [0, 0.05) is 19.6 Å². The molecule has 3 heteroatoms. The molecule has 0 amide bonds. The molecule has 0 aromatic heterocycles. The molecular formula is C19H25NO2. The molecule has 118 valence electrons. The predicted molar refractivity (Wildman–Crippen MR) is 87.4 cm³/mol. The van der Waals surface area contributed by atoms with Crippen molar-refractivity contribution in [2.45, 2.75) is 25.8 Å². The van der Waals surface area contributed by atoms with Crippen molar-refractivity contribution < 1.29 is 9.47 Å². The van der Waals surface area contributed by atoms with Gasteiger partial charge in [0.05, 0.1) is 14.2 Å². The van der Waals surface area contributed by atoms with Crippen LogP contribution in [0.3, 0.4) is 0 Å². The van der Waals surface area contributed by atoms with Gasteiger partial charge in [-0.05, 0) is 60.3 Å². The molecule has 0 radical (unpaired) electrons. The molecule has 22 heavy (non-hydrogen) atoms. The second-order valence-corrected chi connectivity index (χ2v) is 7.00. The van der Waals surface area contributed by atoms with E-state index in [1.54, 1.807) is 14.2 Å². The zero-order valence-electron chi connectivity index (χ0n) is 13.5. The van der Waals surface area contributed by atoms with Gasteiger partial charge in [0.25, 0.3) is 0 Å². The summed E-state index contributed by atoms with van der Waals surface area (Å²) in [5.74, 6) is 4.30. The minimum atomic E-state index is 0.844. The number of rotatable bonds is 4. The Morgan fingerprint density at radius 3 is 2.45 bits per heavy atom. The van der Waals surface area contributed by atoms with Crippen molar-refractivity contribution in [1.29, 1.82) is 0 Å². The highest BCUT2D eigenvalue weighted by molar-refractivity contribution is 5.48. The highest BCUT2D eigenvalue weighted by Gasteiger charge is 2.36. The number of hydrogen-bond donors (Lipinski definition) is 0. The van der Waals surface area contributed by atoms with E-state index in [1.165, 1.54) is 37.1 Å². The van der Waals surface area contributed by atoms with Crippen LogP contribution < -0.4 is 9.47 Å². The topological polar surface area (TPSA) is 21.7 Å². The number of fused-ring (bicyclic) bond motifs is 3. The summed E-state index contributed by atoms with van der Waals surface area (Å²) in [4.78, 5) is 2.63. The van der Waals surface area contributed by atoms with Crippen LogP contribution in [0.25, 0.3) is 0 Å². The van der Waals surface area contributed by atoms with Crippen LogP contribution in [0.4, 0.5) is 0 Å². The van der Waals surface area contributed by atoms with Gasteiger partial charge >= 0.3 is 0 Å². The molecule has 3 nitrogen and oxygen atoms in total. The maximum Gasteiger partial charge on any atom is 0.161 e. The van der Waals surface area contributed by atoms with E-state index in [-0.39, 0.29) is 0 Å². The SMILES string of the molecule is COc1cc2c(cc1OC)CN(C[C@H]1C[C@H]3C=C[C@H]1C3)CC2. The lowest BCUT2D eigenvalue weighted by Crippen LogP contribution is -2.35. The Morgan fingerprint density at radius 1 is 1.05 bits per heavy atom. The Bertz CT molecular complexity index is 595. The molecule has 1 fully saturated rings. The molecule has 3 atom stereocenters. The Morgan fingerprint density at radius 2 is 1.82 bits per heavy atom. The van der Waals surface area contributed by atoms with Gasteiger partial charge in [-0.25, -0.2) is 0 Å². The van der Waals surface area contributed by atoms with Crippen LogP contribution in [-0.4, -0.2) is 32.2 Å². The first-order valence-corrected chi connectivity index (χ1v) is 8.41. The van der Waals surface area contributed by atoms with Crippen LogP contribution in [0, 0.1) is 17.8 Å². The van der Waals surface area contributed by atoms with Crippen molar-refractivity contribution >= 4 is 0 Å². The van der Waals surface area contributed by atoms with Gasteiger partial charge < -0.3 is 9.47 Å². The van der Waals surface area contributed by atoms with Crippen molar-refractivity contribution in [3.8, 4) is 11.5 Å². The molecule has 2 aliphatic carbocycles. The fraction of sp³-hybridized carbons (Fsp3) is 0.579. The lowest BCUT2D eigenvalue weighted by Gasteiger charge is -2.33. The summed E-state index contributed by atoms with van der Waals surface area (Å²) in [5.41, 5.74) is 2.82. The van der Waals surface area contributed by atoms with E-state index >= 15 is 0 Å². The first-order valence-electron chi connectivity index (χ1n) is 8.41. The summed E-state index contributed by atoms with van der Waals surface area (Å²) < 4.78 is 10.9. The third-order valence-electron chi connectivity index (χ3n) is 5.71. The Kier molecular flexibility index (Phi) is 3.61. The first-order chi connectivity index (χ1) is 10.8. The van der Waals surface area contributed by atoms with Crippen LogP contribution in [0.15, 0.2) is 24.3 Å². The van der Waals surface area contributed by atoms with Crippen molar-refractivity contribution in [3.05, 3.63) is 35.4 Å². The van der Waals surface area contributed by atoms with Gasteiger partial charge in [-0.1, -0.05) is 12.2 Å². The van der Waals surface area contributed by atoms with E-state index < -0.39 is 0 Å². The molecule has 0 saturated heterocycles. The zero-order chi connectivity index (χ0) is 15.1. The van der Waals surface area contributed by atoms with Gasteiger partial charge in [0.1, 0.15) is 0 Å². The standard InChI is InChI=1S/C19H25NO2/c1-21-18-9-15-5-6-20(12-17(15)10-19(18)22-2)11-16-8-13-3-4-14(16)7-13/h3-4,9-10,13-14,16H,5-8,11-12H2,1-2H3/t13-,14-,16+/m0/s1. The molecule has 1 aromatic rings. The summed E-state index contributed by atoms with van der Waals surface area (Å²) in [6.07, 6.45) is 8.82. The van der Waals surface area contributed by atoms with Crippen LogP contribution in [0.1, 0.15) is 24.0 Å². The smallest absolute Gasteiger partial charge is 0.161 e. The molecule has 1 aliphatic heterocycles. The normalized spacial score (nSPS) is 29.6. The summed E-state index contributed by atoms with van der Waals surface area (Å²) in [5, 5.41) is 0. The van der Waals surface area contributed by atoms with Crippen molar-refractivity contribution in [3.63, 3.8) is 0 Å². The summed E-state index contributed by atoms with van der Waals surface area (Å²) >= 11 is 0. The van der Waals surface area contributed by atoms with Gasteiger partial charge in [0.15, 0.2) is 11.5 Å². The summed E-state index contributed by atoms with van der Waals surface area (Å²) in [7, 11) is 3.43. The molecule has 1 aromatic carbocycles. The number of hydrogen-bond acceptors (Lipinski definition) is 3. The molecule has 0 unspecified atom stereocenters. The van der Waals surface area contributed by atoms with Gasteiger partial charge in [-0.15, -0.1) is 0 Å². The van der Waals surface area contributed by atoms with E-state index in [2.05, 4.69) is 29.2 Å². The van der Waals surface area contributed by atoms with E-state index in [0.717, 1.165) is 42.2 Å². The lowest BCUT2D eigenvalue weighted by atomic mass is 9.91. The van der Waals surface area contributed by atoms with E-state index in [4.69, 9.17) is 9.47 Å². The minimum Gasteiger partial charge on any atom is -0.493 e. The van der Waals surface area contributed by atoms with Gasteiger partial charge in [-0.3, -0.25) is 4.90 Å². The predicted octanol–water partition coefficient (Wildman–Crippen LogP) is 3.27. The summed E-state index contributed by atoms with van der Waals surface area (Å²) in [6.45, 7) is 3.46. The molecule has 1 heterocycles.